The molecule has 0 aromatic rings. The topological polar surface area (TPSA) is 111 Å². The first-order valence-corrected chi connectivity index (χ1v) is 30.7. The molecule has 0 saturated carbocycles. The highest BCUT2D eigenvalue weighted by Crippen LogP contribution is 2.38. The highest BCUT2D eigenvalue weighted by Gasteiger charge is 2.22. The number of hydrogen-bond acceptors (Lipinski definition) is 8. The number of likely N-dealkylation sites (N-methyl/N-ethyl adjacent to an activating group) is 1. The van der Waals surface area contributed by atoms with Gasteiger partial charge in [-0.05, 0) is 51.4 Å². The van der Waals surface area contributed by atoms with Gasteiger partial charge in [-0.2, -0.15) is 0 Å². The van der Waals surface area contributed by atoms with Crippen LogP contribution >= 0.6 is 7.82 Å². The lowest BCUT2D eigenvalue weighted by Crippen LogP contribution is -2.37. The number of hydrogen-bond donors (Lipinski definition) is 0. The van der Waals surface area contributed by atoms with Gasteiger partial charge in [0.1, 0.15) is 19.8 Å². The van der Waals surface area contributed by atoms with Crippen LogP contribution in [0.15, 0.2) is 36.5 Å². The molecule has 0 spiro atoms. The number of rotatable bonds is 54. The summed E-state index contributed by atoms with van der Waals surface area (Å²) in [5.74, 6) is -0.835. The first kappa shape index (κ1) is 67.2. The number of carbonyl (C=O) groups is 2. The summed E-state index contributed by atoms with van der Waals surface area (Å²) < 4.78 is 34.2. The van der Waals surface area contributed by atoms with Gasteiger partial charge in [0.15, 0.2) is 6.10 Å². The van der Waals surface area contributed by atoms with Crippen LogP contribution in [-0.2, 0) is 32.7 Å². The molecule has 0 radical (unpaired) electrons. The zero-order valence-corrected chi connectivity index (χ0v) is 46.9. The summed E-state index contributed by atoms with van der Waals surface area (Å²) in [6.07, 6.45) is 61.9. The fourth-order valence-electron chi connectivity index (χ4n) is 8.37. The van der Waals surface area contributed by atoms with E-state index in [2.05, 4.69) is 50.3 Å². The number of esters is 2. The van der Waals surface area contributed by atoms with Crippen LogP contribution in [-0.4, -0.2) is 70.0 Å². The summed E-state index contributed by atoms with van der Waals surface area (Å²) in [7, 11) is 1.17. The predicted molar refractivity (Wildman–Crippen MR) is 291 cm³/mol. The number of ether oxygens (including phenoxy) is 2. The Morgan fingerprint density at radius 2 is 0.783 bits per heavy atom. The second-order valence-corrected chi connectivity index (χ2v) is 22.4. The zero-order valence-electron chi connectivity index (χ0n) is 46.0. The Balaban J connectivity index is 4.16. The number of phosphoric acid groups is 1. The molecular formula is C59H112NO8P. The van der Waals surface area contributed by atoms with E-state index in [-0.39, 0.29) is 32.0 Å². The smallest absolute Gasteiger partial charge is 0.306 e. The maximum Gasteiger partial charge on any atom is 0.306 e. The van der Waals surface area contributed by atoms with E-state index in [1.165, 1.54) is 173 Å². The molecule has 0 aromatic carbocycles. The number of nitrogens with zero attached hydrogens (tertiary/aromatic N) is 1. The maximum atomic E-state index is 12.8. The molecule has 0 aliphatic rings. The Hall–Kier alpha value is -1.77. The Morgan fingerprint density at radius 3 is 1.16 bits per heavy atom. The minimum Gasteiger partial charge on any atom is -0.756 e. The molecular weight excluding hydrogens is 882 g/mol. The normalized spacial score (nSPS) is 13.5. The SMILES string of the molecule is CCCCCCC/C=C\C/C=C\C/C=C\CCCCCCCCC(=O)OC(COC(=O)CCCCCCCCCCCCCCCCCCCCCCCCCC)COP(=O)([O-])OCC[N+](C)(C)C. The molecule has 2 unspecified atom stereocenters. The molecule has 0 rings (SSSR count). The van der Waals surface area contributed by atoms with Gasteiger partial charge in [0.05, 0.1) is 27.7 Å². The molecule has 0 heterocycles. The second kappa shape index (κ2) is 51.1. The van der Waals surface area contributed by atoms with Crippen LogP contribution in [0.25, 0.3) is 0 Å². The molecule has 69 heavy (non-hydrogen) atoms. The minimum absolute atomic E-state index is 0.0325. The van der Waals surface area contributed by atoms with Crippen molar-refractivity contribution in [3.63, 3.8) is 0 Å². The number of phosphoric ester groups is 1. The second-order valence-electron chi connectivity index (χ2n) is 21.0. The monoisotopic (exact) mass is 994 g/mol. The van der Waals surface area contributed by atoms with Gasteiger partial charge in [-0.3, -0.25) is 14.2 Å². The molecule has 2 atom stereocenters. The van der Waals surface area contributed by atoms with Crippen molar-refractivity contribution in [1.82, 2.24) is 0 Å². The van der Waals surface area contributed by atoms with E-state index < -0.39 is 26.5 Å². The fourth-order valence-corrected chi connectivity index (χ4v) is 9.10. The molecule has 0 saturated heterocycles. The van der Waals surface area contributed by atoms with Crippen LogP contribution in [0.2, 0.25) is 0 Å². The summed E-state index contributed by atoms with van der Waals surface area (Å²) in [5.41, 5.74) is 0. The van der Waals surface area contributed by atoms with Crippen molar-refractivity contribution in [3.8, 4) is 0 Å². The summed E-state index contributed by atoms with van der Waals surface area (Å²) in [6, 6.07) is 0. The molecule has 0 bridgehead atoms. The quantitative estimate of drug-likeness (QED) is 0.0195. The van der Waals surface area contributed by atoms with E-state index in [1.807, 2.05) is 21.1 Å². The van der Waals surface area contributed by atoms with Crippen molar-refractivity contribution in [2.75, 3.05) is 47.5 Å². The lowest BCUT2D eigenvalue weighted by Gasteiger charge is -2.28. The fraction of sp³-hybridized carbons (Fsp3) is 0.864. The molecule has 0 aliphatic carbocycles. The van der Waals surface area contributed by atoms with Crippen molar-refractivity contribution in [2.45, 2.75) is 283 Å². The van der Waals surface area contributed by atoms with E-state index in [4.69, 9.17) is 18.5 Å². The van der Waals surface area contributed by atoms with Crippen LogP contribution in [0.1, 0.15) is 277 Å². The van der Waals surface area contributed by atoms with E-state index in [0.29, 0.717) is 17.4 Å². The highest BCUT2D eigenvalue weighted by molar-refractivity contribution is 7.45. The van der Waals surface area contributed by atoms with Gasteiger partial charge in [0.25, 0.3) is 7.82 Å². The van der Waals surface area contributed by atoms with Gasteiger partial charge in [0, 0.05) is 12.8 Å². The van der Waals surface area contributed by atoms with Crippen molar-refractivity contribution < 1.29 is 42.1 Å². The van der Waals surface area contributed by atoms with Crippen molar-refractivity contribution >= 4 is 19.8 Å². The van der Waals surface area contributed by atoms with Gasteiger partial charge < -0.3 is 27.9 Å². The molecule has 0 fully saturated rings. The number of unbranched alkanes of at least 4 members (excludes halogenated alkanes) is 34. The predicted octanol–water partition coefficient (Wildman–Crippen LogP) is 17.4. The third kappa shape index (κ3) is 55.4. The van der Waals surface area contributed by atoms with Crippen LogP contribution in [0.5, 0.6) is 0 Å². The zero-order chi connectivity index (χ0) is 50.6. The lowest BCUT2D eigenvalue weighted by atomic mass is 10.0. The Kier molecular flexibility index (Phi) is 49.8. The average molecular weight is 995 g/mol. The summed E-state index contributed by atoms with van der Waals surface area (Å²) in [6.45, 7) is 4.25. The lowest BCUT2D eigenvalue weighted by molar-refractivity contribution is -0.870. The average Bonchev–Trinajstić information content (AvgIpc) is 3.31. The Bertz CT molecular complexity index is 1260. The number of allylic oxidation sites excluding steroid dienone is 6. The molecule has 0 aliphatic heterocycles. The van der Waals surface area contributed by atoms with Crippen molar-refractivity contribution in [3.05, 3.63) is 36.5 Å². The van der Waals surface area contributed by atoms with E-state index in [0.717, 1.165) is 70.6 Å². The molecule has 10 heteroatoms. The molecule has 0 aromatic heterocycles. The number of carbonyl (C=O) groups excluding carboxylic acids is 2. The van der Waals surface area contributed by atoms with Crippen molar-refractivity contribution in [2.24, 2.45) is 0 Å². The van der Waals surface area contributed by atoms with Gasteiger partial charge in [0.2, 0.25) is 0 Å². The third-order valence-electron chi connectivity index (χ3n) is 12.9. The first-order valence-electron chi connectivity index (χ1n) is 29.2. The van der Waals surface area contributed by atoms with Crippen LogP contribution in [0.3, 0.4) is 0 Å². The van der Waals surface area contributed by atoms with Crippen LogP contribution in [0, 0.1) is 0 Å². The van der Waals surface area contributed by atoms with Gasteiger partial charge >= 0.3 is 11.9 Å². The Morgan fingerprint density at radius 1 is 0.449 bits per heavy atom. The standard InChI is InChI=1S/C59H112NO8P/c1-6-8-10-12-14-16-18-20-22-24-26-28-29-30-32-33-35-37-39-41-43-45-47-49-51-58(61)65-55-57(56-67-69(63,64)66-54-53-60(3,4)5)68-59(62)52-50-48-46-44-42-40-38-36-34-31-27-25-23-21-19-17-15-13-11-9-7-2/h19,21,25,27,34,36,57H,6-18,20,22-24,26,28-33,35,37-56H2,1-5H3/b21-19-,27-25-,36-34-. The van der Waals surface area contributed by atoms with E-state index >= 15 is 0 Å². The van der Waals surface area contributed by atoms with Crippen LogP contribution in [0.4, 0.5) is 0 Å². The summed E-state index contributed by atoms with van der Waals surface area (Å²) in [4.78, 5) is 37.9. The van der Waals surface area contributed by atoms with Gasteiger partial charge in [-0.1, -0.05) is 249 Å². The van der Waals surface area contributed by atoms with E-state index in [9.17, 15) is 19.0 Å². The van der Waals surface area contributed by atoms with Gasteiger partial charge in [-0.25, -0.2) is 0 Å². The molecule has 406 valence electrons. The number of quaternary nitrogens is 1. The largest absolute Gasteiger partial charge is 0.756 e. The third-order valence-corrected chi connectivity index (χ3v) is 13.9. The Labute approximate surface area is 427 Å². The van der Waals surface area contributed by atoms with Crippen LogP contribution < -0.4 is 4.89 Å². The maximum absolute atomic E-state index is 12.8. The molecule has 9 nitrogen and oxygen atoms in total. The first-order chi connectivity index (χ1) is 33.5. The highest BCUT2D eigenvalue weighted by atomic mass is 31.2. The molecule has 0 N–H and O–H groups in total. The van der Waals surface area contributed by atoms with Crippen molar-refractivity contribution in [1.29, 1.82) is 0 Å². The summed E-state index contributed by atoms with van der Waals surface area (Å²) in [5, 5.41) is 0. The molecule has 0 amide bonds. The summed E-state index contributed by atoms with van der Waals surface area (Å²) >= 11 is 0. The minimum atomic E-state index is -4.64. The van der Waals surface area contributed by atoms with Gasteiger partial charge in [-0.15, -0.1) is 0 Å². The van der Waals surface area contributed by atoms with E-state index in [1.54, 1.807) is 0 Å².